The Labute approximate surface area is 130 Å². The van der Waals surface area contributed by atoms with Crippen molar-refractivity contribution < 1.29 is 4.74 Å². The molecule has 1 fully saturated rings. The molecular weight excluding hydrogens is 316 g/mol. The molecule has 1 aromatic carbocycles. The minimum Gasteiger partial charge on any atom is -0.379 e. The quantitative estimate of drug-likeness (QED) is 0.894. The van der Waals surface area contributed by atoms with Gasteiger partial charge in [0.25, 0.3) is 0 Å². The van der Waals surface area contributed by atoms with Crippen molar-refractivity contribution in [2.75, 3.05) is 20.7 Å². The molecule has 20 heavy (non-hydrogen) atoms. The van der Waals surface area contributed by atoms with Crippen molar-refractivity contribution in [3.05, 3.63) is 34.3 Å². The van der Waals surface area contributed by atoms with Crippen LogP contribution in [0.4, 0.5) is 0 Å². The summed E-state index contributed by atoms with van der Waals surface area (Å²) < 4.78 is 6.86. The van der Waals surface area contributed by atoms with Gasteiger partial charge in [0.15, 0.2) is 0 Å². The Bertz CT molecular complexity index is 423. The van der Waals surface area contributed by atoms with Gasteiger partial charge in [0.1, 0.15) is 0 Å². The average Bonchev–Trinajstić information content (AvgIpc) is 2.49. The van der Waals surface area contributed by atoms with E-state index in [-0.39, 0.29) is 11.6 Å². The maximum absolute atomic E-state index is 6.15. The van der Waals surface area contributed by atoms with Crippen LogP contribution < -0.4 is 5.73 Å². The van der Waals surface area contributed by atoms with Crippen molar-refractivity contribution in [2.45, 2.75) is 43.9 Å². The molecule has 2 atom stereocenters. The number of rotatable bonds is 5. The Morgan fingerprint density at radius 2 is 2.05 bits per heavy atom. The molecule has 0 bridgehead atoms. The summed E-state index contributed by atoms with van der Waals surface area (Å²) in [5, 5.41) is 0. The zero-order chi connectivity index (χ0) is 14.6. The lowest BCUT2D eigenvalue weighted by Gasteiger charge is -2.48. The van der Waals surface area contributed by atoms with Gasteiger partial charge in [-0.25, -0.2) is 0 Å². The molecule has 112 valence electrons. The Kier molecular flexibility index (Phi) is 5.61. The summed E-state index contributed by atoms with van der Waals surface area (Å²) in [7, 11) is 3.99. The second kappa shape index (κ2) is 7.03. The lowest BCUT2D eigenvalue weighted by molar-refractivity contribution is -0.0688. The first-order valence-corrected chi connectivity index (χ1v) is 8.10. The van der Waals surface area contributed by atoms with Crippen LogP contribution in [0.3, 0.4) is 0 Å². The molecule has 1 aliphatic carbocycles. The topological polar surface area (TPSA) is 38.5 Å². The average molecular weight is 341 g/mol. The third-order valence-electron chi connectivity index (χ3n) is 4.66. The predicted molar refractivity (Wildman–Crippen MR) is 86.7 cm³/mol. The zero-order valence-electron chi connectivity index (χ0n) is 12.4. The van der Waals surface area contributed by atoms with Crippen molar-refractivity contribution in [1.82, 2.24) is 4.90 Å². The molecule has 0 spiro atoms. The number of hydrogen-bond donors (Lipinski definition) is 1. The van der Waals surface area contributed by atoms with Crippen LogP contribution >= 0.6 is 15.9 Å². The molecule has 0 aromatic heterocycles. The van der Waals surface area contributed by atoms with E-state index in [9.17, 15) is 0 Å². The van der Waals surface area contributed by atoms with Crippen molar-refractivity contribution in [2.24, 2.45) is 5.73 Å². The first kappa shape index (κ1) is 16.0. The van der Waals surface area contributed by atoms with Crippen molar-refractivity contribution in [3.63, 3.8) is 0 Å². The Hall–Kier alpha value is -0.420. The van der Waals surface area contributed by atoms with Gasteiger partial charge in [-0.1, -0.05) is 40.9 Å². The van der Waals surface area contributed by atoms with Gasteiger partial charge in [0, 0.05) is 24.7 Å². The van der Waals surface area contributed by atoms with Crippen molar-refractivity contribution in [3.8, 4) is 0 Å². The molecule has 2 unspecified atom stereocenters. The summed E-state index contributed by atoms with van der Waals surface area (Å²) >= 11 is 3.48. The summed E-state index contributed by atoms with van der Waals surface area (Å²) in [6.07, 6.45) is 4.95. The minimum atomic E-state index is -0.0277. The van der Waals surface area contributed by atoms with E-state index in [4.69, 9.17) is 10.5 Å². The molecule has 1 aliphatic rings. The minimum absolute atomic E-state index is 0.0277. The Balaban J connectivity index is 2.15. The molecule has 4 heteroatoms. The number of benzene rings is 1. The summed E-state index contributed by atoms with van der Waals surface area (Å²) in [6.45, 7) is 1.56. The molecule has 0 aliphatic heterocycles. The van der Waals surface area contributed by atoms with Gasteiger partial charge in [0.2, 0.25) is 0 Å². The van der Waals surface area contributed by atoms with Crippen LogP contribution in [0.5, 0.6) is 0 Å². The van der Waals surface area contributed by atoms with Crippen LogP contribution in [0.25, 0.3) is 0 Å². The number of methoxy groups -OCH3 is 1. The molecule has 0 saturated heterocycles. The van der Waals surface area contributed by atoms with E-state index in [0.29, 0.717) is 6.54 Å². The molecule has 0 amide bonds. The zero-order valence-corrected chi connectivity index (χ0v) is 14.0. The number of likely N-dealkylation sites (N-methyl/N-ethyl adjacent to an activating group) is 1. The highest BCUT2D eigenvalue weighted by Gasteiger charge is 2.43. The maximum atomic E-state index is 6.15. The first-order valence-electron chi connectivity index (χ1n) is 7.31. The number of ether oxygens (including phenoxy) is 1. The third-order valence-corrected chi connectivity index (χ3v) is 5.19. The normalized spacial score (nSPS) is 26.9. The van der Waals surface area contributed by atoms with E-state index in [0.717, 1.165) is 23.9 Å². The van der Waals surface area contributed by atoms with E-state index < -0.39 is 0 Å². The van der Waals surface area contributed by atoms with Gasteiger partial charge in [-0.15, -0.1) is 0 Å². The fourth-order valence-corrected chi connectivity index (χ4v) is 3.64. The van der Waals surface area contributed by atoms with Crippen LogP contribution in [0.2, 0.25) is 0 Å². The standard InChI is InChI=1S/C16H25BrN2O/c1-19(11-13-6-8-14(17)9-7-13)16(12-18)10-4-3-5-15(16)20-2/h6-9,15H,3-5,10-12,18H2,1-2H3. The highest BCUT2D eigenvalue weighted by atomic mass is 79.9. The Morgan fingerprint density at radius 1 is 1.35 bits per heavy atom. The van der Waals surface area contributed by atoms with Crippen LogP contribution in [0.1, 0.15) is 31.2 Å². The predicted octanol–water partition coefficient (Wildman–Crippen LogP) is 3.17. The Morgan fingerprint density at radius 3 is 2.65 bits per heavy atom. The summed E-state index contributed by atoms with van der Waals surface area (Å²) in [4.78, 5) is 2.39. The maximum Gasteiger partial charge on any atom is 0.0767 e. The van der Waals surface area contributed by atoms with Crippen LogP contribution in [0, 0.1) is 0 Å². The highest BCUT2D eigenvalue weighted by Crippen LogP contribution is 2.35. The summed E-state index contributed by atoms with van der Waals surface area (Å²) in [5.74, 6) is 0. The van der Waals surface area contributed by atoms with Crippen LogP contribution in [0.15, 0.2) is 28.7 Å². The molecule has 0 heterocycles. The van der Waals surface area contributed by atoms with Gasteiger partial charge in [-0.3, -0.25) is 4.90 Å². The lowest BCUT2D eigenvalue weighted by atomic mass is 9.77. The van der Waals surface area contributed by atoms with Gasteiger partial charge in [0.05, 0.1) is 11.6 Å². The van der Waals surface area contributed by atoms with Gasteiger partial charge < -0.3 is 10.5 Å². The molecule has 3 nitrogen and oxygen atoms in total. The molecule has 1 aromatic rings. The lowest BCUT2D eigenvalue weighted by Crippen LogP contribution is -2.61. The van der Waals surface area contributed by atoms with E-state index in [1.165, 1.54) is 18.4 Å². The third kappa shape index (κ3) is 3.25. The fraction of sp³-hybridized carbons (Fsp3) is 0.625. The van der Waals surface area contributed by atoms with Gasteiger partial charge >= 0.3 is 0 Å². The molecular formula is C16H25BrN2O. The molecule has 0 radical (unpaired) electrons. The van der Waals surface area contributed by atoms with Gasteiger partial charge in [-0.05, 0) is 37.6 Å². The van der Waals surface area contributed by atoms with E-state index in [1.807, 2.05) is 7.11 Å². The van der Waals surface area contributed by atoms with Crippen LogP contribution in [-0.4, -0.2) is 37.2 Å². The fourth-order valence-electron chi connectivity index (χ4n) is 3.37. The number of nitrogens with zero attached hydrogens (tertiary/aromatic N) is 1. The molecule has 2 N–H and O–H groups in total. The largest absolute Gasteiger partial charge is 0.379 e. The second-order valence-electron chi connectivity index (χ2n) is 5.76. The molecule has 1 saturated carbocycles. The second-order valence-corrected chi connectivity index (χ2v) is 6.68. The number of halogens is 1. The SMILES string of the molecule is COC1CCCCC1(CN)N(C)Cc1ccc(Br)cc1. The number of hydrogen-bond acceptors (Lipinski definition) is 3. The van der Waals surface area contributed by atoms with Crippen LogP contribution in [-0.2, 0) is 11.3 Å². The number of nitrogens with two attached hydrogens (primary N) is 1. The summed E-state index contributed by atoms with van der Waals surface area (Å²) in [5.41, 5.74) is 7.44. The molecule has 2 rings (SSSR count). The highest BCUT2D eigenvalue weighted by molar-refractivity contribution is 9.10. The van der Waals surface area contributed by atoms with Crippen molar-refractivity contribution >= 4 is 15.9 Å². The monoisotopic (exact) mass is 340 g/mol. The van der Waals surface area contributed by atoms with Crippen molar-refractivity contribution in [1.29, 1.82) is 0 Å². The summed E-state index contributed by atoms with van der Waals surface area (Å²) in [6, 6.07) is 8.50. The smallest absolute Gasteiger partial charge is 0.0767 e. The van der Waals surface area contributed by atoms with E-state index in [1.54, 1.807) is 0 Å². The van der Waals surface area contributed by atoms with E-state index >= 15 is 0 Å². The first-order chi connectivity index (χ1) is 9.62. The van der Waals surface area contributed by atoms with E-state index in [2.05, 4.69) is 52.1 Å². The van der Waals surface area contributed by atoms with Gasteiger partial charge in [-0.2, -0.15) is 0 Å².